The fourth-order valence-corrected chi connectivity index (χ4v) is 12.3. The van der Waals surface area contributed by atoms with Gasteiger partial charge in [0.1, 0.15) is 5.58 Å². The molecule has 0 spiro atoms. The van der Waals surface area contributed by atoms with E-state index >= 15 is 0 Å². The van der Waals surface area contributed by atoms with Gasteiger partial charge in [-0.15, -0.1) is 11.3 Å². The van der Waals surface area contributed by atoms with Crippen LogP contribution in [-0.4, -0.2) is 0 Å². The van der Waals surface area contributed by atoms with Crippen molar-refractivity contribution in [2.24, 2.45) is 0 Å². The van der Waals surface area contributed by atoms with Gasteiger partial charge in [0.05, 0.1) is 16.1 Å². The lowest BCUT2D eigenvalue weighted by atomic mass is 9.81. The Morgan fingerprint density at radius 2 is 1.02 bits per heavy atom. The van der Waals surface area contributed by atoms with Crippen LogP contribution in [0.25, 0.3) is 86.3 Å². The summed E-state index contributed by atoms with van der Waals surface area (Å²) >= 11 is 1.87. The molecule has 11 aromatic rings. The lowest BCUT2D eigenvalue weighted by Gasteiger charge is -2.28. The maximum absolute atomic E-state index is 7.45. The molecule has 0 N–H and O–H groups in total. The maximum atomic E-state index is 7.45. The third-order valence-corrected chi connectivity index (χ3v) is 15.3. The van der Waals surface area contributed by atoms with Gasteiger partial charge in [0.15, 0.2) is 5.58 Å². The Balaban J connectivity index is 1.09. The summed E-state index contributed by atoms with van der Waals surface area (Å²) in [5.41, 5.74) is 17.9. The Kier molecular flexibility index (Phi) is 7.04. The van der Waals surface area contributed by atoms with Crippen LogP contribution in [0.1, 0.15) is 49.9 Å². The van der Waals surface area contributed by atoms with E-state index in [9.17, 15) is 0 Å². The quantitative estimate of drug-likeness (QED) is 0.176. The first-order valence-corrected chi connectivity index (χ1v) is 22.2. The molecule has 2 aromatic heterocycles. The van der Waals surface area contributed by atoms with Crippen molar-refractivity contribution in [2.45, 2.75) is 38.5 Å². The van der Waals surface area contributed by atoms with Crippen LogP contribution in [-0.2, 0) is 10.8 Å². The molecular weight excluding hydrogens is 759 g/mol. The highest BCUT2D eigenvalue weighted by Gasteiger charge is 2.37. The number of hydrogen-bond acceptors (Lipinski definition) is 3. The molecule has 0 radical (unpaired) electrons. The molecule has 2 aliphatic rings. The fraction of sp³-hybridized carbons (Fsp3) is 0.103. The van der Waals surface area contributed by atoms with Crippen molar-refractivity contribution < 1.29 is 4.42 Å². The van der Waals surface area contributed by atoms with E-state index in [1.807, 2.05) is 11.3 Å². The number of anilines is 3. The molecule has 3 heteroatoms. The Morgan fingerprint density at radius 1 is 0.426 bits per heavy atom. The van der Waals surface area contributed by atoms with E-state index in [4.69, 9.17) is 4.42 Å². The summed E-state index contributed by atoms with van der Waals surface area (Å²) in [7, 11) is 0. The molecule has 2 nitrogen and oxygen atoms in total. The zero-order valence-electron chi connectivity index (χ0n) is 34.5. The molecule has 0 atom stereocenters. The van der Waals surface area contributed by atoms with Gasteiger partial charge < -0.3 is 9.32 Å². The number of fused-ring (bicyclic) bond motifs is 13. The number of benzene rings is 9. The Hall–Kier alpha value is -6.94. The molecule has 0 amide bonds. The second-order valence-electron chi connectivity index (χ2n) is 18.0. The van der Waals surface area contributed by atoms with E-state index in [0.29, 0.717) is 0 Å². The van der Waals surface area contributed by atoms with Crippen molar-refractivity contribution in [3.63, 3.8) is 0 Å². The van der Waals surface area contributed by atoms with Gasteiger partial charge in [0.25, 0.3) is 0 Å². The monoisotopic (exact) mass is 799 g/mol. The summed E-state index contributed by atoms with van der Waals surface area (Å²) in [6, 6.07) is 65.4. The summed E-state index contributed by atoms with van der Waals surface area (Å²) in [6.07, 6.45) is 0. The van der Waals surface area contributed by atoms with Gasteiger partial charge in [-0.3, -0.25) is 0 Å². The molecule has 2 heterocycles. The van der Waals surface area contributed by atoms with E-state index in [1.54, 1.807) is 0 Å². The van der Waals surface area contributed by atoms with Gasteiger partial charge in [-0.25, -0.2) is 0 Å². The Morgan fingerprint density at radius 3 is 1.79 bits per heavy atom. The largest absolute Gasteiger partial charge is 0.453 e. The number of thiophene rings is 1. The van der Waals surface area contributed by atoms with Crippen molar-refractivity contribution in [1.82, 2.24) is 0 Å². The molecule has 0 bridgehead atoms. The van der Waals surface area contributed by atoms with E-state index in [2.05, 4.69) is 209 Å². The van der Waals surface area contributed by atoms with Crippen molar-refractivity contribution >= 4 is 81.3 Å². The van der Waals surface area contributed by atoms with Gasteiger partial charge in [-0.05, 0) is 103 Å². The first-order valence-electron chi connectivity index (χ1n) is 21.3. The predicted octanol–water partition coefficient (Wildman–Crippen LogP) is 16.9. The molecule has 0 saturated carbocycles. The van der Waals surface area contributed by atoms with Crippen molar-refractivity contribution in [1.29, 1.82) is 0 Å². The van der Waals surface area contributed by atoms with E-state index in [-0.39, 0.29) is 10.8 Å². The van der Waals surface area contributed by atoms with E-state index in [0.717, 1.165) is 44.6 Å². The highest BCUT2D eigenvalue weighted by Crippen LogP contribution is 2.55. The van der Waals surface area contributed by atoms with Crippen LogP contribution in [0.5, 0.6) is 0 Å². The number of hydrogen-bond donors (Lipinski definition) is 0. The molecule has 61 heavy (non-hydrogen) atoms. The first kappa shape index (κ1) is 34.9. The third kappa shape index (κ3) is 4.73. The number of para-hydroxylation sites is 1. The Labute approximate surface area is 358 Å². The minimum atomic E-state index is -0.149. The molecule has 0 unspecified atom stereocenters. The molecule has 13 rings (SSSR count). The van der Waals surface area contributed by atoms with Gasteiger partial charge >= 0.3 is 0 Å². The predicted molar refractivity (Wildman–Crippen MR) is 259 cm³/mol. The van der Waals surface area contributed by atoms with Crippen molar-refractivity contribution in [3.8, 4) is 33.4 Å². The lowest BCUT2D eigenvalue weighted by Crippen LogP contribution is -2.16. The average Bonchev–Trinajstić information content (AvgIpc) is 3.99. The summed E-state index contributed by atoms with van der Waals surface area (Å²) in [6.45, 7) is 9.45. The minimum absolute atomic E-state index is 0.118. The van der Waals surface area contributed by atoms with Crippen LogP contribution in [0.4, 0.5) is 17.1 Å². The first-order chi connectivity index (χ1) is 29.8. The normalized spacial score (nSPS) is 14.5. The van der Waals surface area contributed by atoms with Crippen LogP contribution >= 0.6 is 11.3 Å². The van der Waals surface area contributed by atoms with Gasteiger partial charge in [-0.2, -0.15) is 0 Å². The van der Waals surface area contributed by atoms with E-state index in [1.165, 1.54) is 81.0 Å². The van der Waals surface area contributed by atoms with Crippen LogP contribution in [0.15, 0.2) is 180 Å². The zero-order valence-corrected chi connectivity index (χ0v) is 35.3. The number of furan rings is 1. The second-order valence-corrected chi connectivity index (χ2v) is 19.1. The third-order valence-electron chi connectivity index (χ3n) is 14.1. The molecule has 2 aliphatic carbocycles. The average molecular weight is 800 g/mol. The van der Waals surface area contributed by atoms with Crippen LogP contribution in [0.2, 0.25) is 0 Å². The van der Waals surface area contributed by atoms with Crippen molar-refractivity contribution in [2.75, 3.05) is 4.90 Å². The van der Waals surface area contributed by atoms with Gasteiger partial charge in [0, 0.05) is 48.3 Å². The standard InChI is InChI=1S/C58H41NOS/c1-57(2)46-22-10-7-17-38(46)40-29-27-35(32-48(40)57)53-37-16-6-5-15-34(37)31-45-43-20-13-24-50(54(43)60-55(45)53)59(51-25-14-21-44-42-19-9-12-26-52(42)61-56(44)51)36-28-30-41-39-18-8-11-23-47(39)58(3,4)49(41)33-36/h5-33H,1-4H3. The molecule has 0 saturated heterocycles. The smallest absolute Gasteiger partial charge is 0.159 e. The fourth-order valence-electron chi connectivity index (χ4n) is 11.1. The summed E-state index contributed by atoms with van der Waals surface area (Å²) < 4.78 is 10.00. The second kappa shape index (κ2) is 12.3. The SMILES string of the molecule is CC1(C)c2ccccc2-c2ccc(-c3c4ccccc4cc4c3oc3c(N(c5ccc6c(c5)C(C)(C)c5ccccc5-6)c5cccc6c5sc5ccccc56)cccc34)cc21. The van der Waals surface area contributed by atoms with Crippen LogP contribution < -0.4 is 4.90 Å². The highest BCUT2D eigenvalue weighted by molar-refractivity contribution is 7.26. The van der Waals surface area contributed by atoms with Crippen LogP contribution in [0, 0.1) is 0 Å². The zero-order chi connectivity index (χ0) is 40.8. The van der Waals surface area contributed by atoms with Crippen LogP contribution in [0.3, 0.4) is 0 Å². The molecule has 0 aliphatic heterocycles. The summed E-state index contributed by atoms with van der Waals surface area (Å²) in [4.78, 5) is 2.47. The van der Waals surface area contributed by atoms with Crippen molar-refractivity contribution in [3.05, 3.63) is 198 Å². The molecule has 290 valence electrons. The van der Waals surface area contributed by atoms with Gasteiger partial charge in [0.2, 0.25) is 0 Å². The molecule has 9 aromatic carbocycles. The topological polar surface area (TPSA) is 16.4 Å². The number of nitrogens with zero attached hydrogens (tertiary/aromatic N) is 1. The Bertz CT molecular complexity index is 3670. The van der Waals surface area contributed by atoms with Gasteiger partial charge in [-0.1, -0.05) is 161 Å². The summed E-state index contributed by atoms with van der Waals surface area (Å²) in [5.74, 6) is 0. The minimum Gasteiger partial charge on any atom is -0.453 e. The maximum Gasteiger partial charge on any atom is 0.159 e. The molecular formula is C58H41NOS. The number of rotatable bonds is 4. The molecule has 0 fully saturated rings. The summed E-state index contributed by atoms with van der Waals surface area (Å²) in [5, 5.41) is 7.18. The lowest BCUT2D eigenvalue weighted by molar-refractivity contribution is 0.660. The highest BCUT2D eigenvalue weighted by atomic mass is 32.1. The van der Waals surface area contributed by atoms with E-state index < -0.39 is 0 Å².